The summed E-state index contributed by atoms with van der Waals surface area (Å²) < 4.78 is 10.1. The number of nitrogens with zero attached hydrogens (tertiary/aromatic N) is 1. The van der Waals surface area contributed by atoms with Crippen molar-refractivity contribution < 1.29 is 14.3 Å². The molecule has 5 nitrogen and oxygen atoms in total. The van der Waals surface area contributed by atoms with Crippen LogP contribution in [0.3, 0.4) is 0 Å². The van der Waals surface area contributed by atoms with E-state index in [4.69, 9.17) is 9.47 Å². The zero-order valence-electron chi connectivity index (χ0n) is 12.6. The molecular weight excluding hydrogens is 268 g/mol. The highest BCUT2D eigenvalue weighted by Crippen LogP contribution is 2.10. The average Bonchev–Trinajstić information content (AvgIpc) is 2.54. The molecule has 0 radical (unpaired) electrons. The molecule has 1 N–H and O–H groups in total. The highest BCUT2D eigenvalue weighted by molar-refractivity contribution is 5.72. The Bertz CT molecular complexity index is 445. The van der Waals surface area contributed by atoms with Gasteiger partial charge in [0, 0.05) is 32.7 Å². The molecule has 0 aliphatic carbocycles. The number of rotatable bonds is 7. The molecule has 1 heterocycles. The van der Waals surface area contributed by atoms with Crippen molar-refractivity contribution in [2.24, 2.45) is 0 Å². The second-order valence-electron chi connectivity index (χ2n) is 5.15. The highest BCUT2D eigenvalue weighted by atomic mass is 16.5. The summed E-state index contributed by atoms with van der Waals surface area (Å²) in [6, 6.07) is 7.99. The number of hydrogen-bond donors (Lipinski definition) is 1. The van der Waals surface area contributed by atoms with E-state index in [-0.39, 0.29) is 5.97 Å². The van der Waals surface area contributed by atoms with Gasteiger partial charge in [-0.1, -0.05) is 24.3 Å². The summed E-state index contributed by atoms with van der Waals surface area (Å²) in [4.78, 5) is 13.8. The van der Waals surface area contributed by atoms with Gasteiger partial charge in [-0.15, -0.1) is 0 Å². The van der Waals surface area contributed by atoms with E-state index >= 15 is 0 Å². The fourth-order valence-corrected chi connectivity index (χ4v) is 2.42. The van der Waals surface area contributed by atoms with E-state index in [0.29, 0.717) is 6.42 Å². The Morgan fingerprint density at radius 1 is 1.29 bits per heavy atom. The zero-order chi connectivity index (χ0) is 14.9. The van der Waals surface area contributed by atoms with Crippen LogP contribution in [0, 0.1) is 0 Å². The average molecular weight is 292 g/mol. The Kier molecular flexibility index (Phi) is 6.66. The first-order chi connectivity index (χ1) is 10.3. The van der Waals surface area contributed by atoms with Gasteiger partial charge in [0.1, 0.15) is 0 Å². The summed E-state index contributed by atoms with van der Waals surface area (Å²) in [5.74, 6) is -0.198. The minimum Gasteiger partial charge on any atom is -0.469 e. The van der Waals surface area contributed by atoms with Gasteiger partial charge in [-0.2, -0.15) is 0 Å². The molecule has 1 aliphatic heterocycles. The maximum absolute atomic E-state index is 11.4. The summed E-state index contributed by atoms with van der Waals surface area (Å²) in [7, 11) is 1.42. The second kappa shape index (κ2) is 8.77. The Labute approximate surface area is 126 Å². The first kappa shape index (κ1) is 15.9. The number of benzene rings is 1. The lowest BCUT2D eigenvalue weighted by atomic mass is 10.0. The standard InChI is InChI=1S/C16H24N2O3/c1-20-16(19)12-14-4-2-3-5-15(14)13-17-6-7-18-8-10-21-11-9-18/h2-5,17H,6-13H2,1H3. The molecule has 0 unspecified atom stereocenters. The lowest BCUT2D eigenvalue weighted by Crippen LogP contribution is -2.40. The number of morpholine rings is 1. The van der Waals surface area contributed by atoms with Crippen LogP contribution in [-0.2, 0) is 27.2 Å². The van der Waals surface area contributed by atoms with E-state index in [1.807, 2.05) is 18.2 Å². The Morgan fingerprint density at radius 3 is 2.71 bits per heavy atom. The molecule has 0 spiro atoms. The number of methoxy groups -OCH3 is 1. The summed E-state index contributed by atoms with van der Waals surface area (Å²) in [6.07, 6.45) is 0.331. The summed E-state index contributed by atoms with van der Waals surface area (Å²) >= 11 is 0. The van der Waals surface area contributed by atoms with Crippen molar-refractivity contribution >= 4 is 5.97 Å². The molecule has 0 aromatic heterocycles. The smallest absolute Gasteiger partial charge is 0.309 e. The number of carbonyl (C=O) groups is 1. The van der Waals surface area contributed by atoms with E-state index in [2.05, 4.69) is 16.3 Å². The molecule has 0 saturated carbocycles. The van der Waals surface area contributed by atoms with Crippen molar-refractivity contribution in [1.29, 1.82) is 0 Å². The highest BCUT2D eigenvalue weighted by Gasteiger charge is 2.10. The van der Waals surface area contributed by atoms with Crippen molar-refractivity contribution in [2.75, 3.05) is 46.5 Å². The molecule has 2 rings (SSSR count). The second-order valence-corrected chi connectivity index (χ2v) is 5.15. The van der Waals surface area contributed by atoms with Gasteiger partial charge in [0.25, 0.3) is 0 Å². The normalized spacial score (nSPS) is 15.9. The van der Waals surface area contributed by atoms with Gasteiger partial charge >= 0.3 is 5.97 Å². The van der Waals surface area contributed by atoms with Crippen LogP contribution >= 0.6 is 0 Å². The lowest BCUT2D eigenvalue weighted by molar-refractivity contribution is -0.139. The molecule has 1 aromatic carbocycles. The van der Waals surface area contributed by atoms with E-state index < -0.39 is 0 Å². The number of hydrogen-bond acceptors (Lipinski definition) is 5. The minimum absolute atomic E-state index is 0.198. The molecule has 0 bridgehead atoms. The molecule has 1 aliphatic rings. The molecule has 1 aromatic rings. The molecule has 0 atom stereocenters. The van der Waals surface area contributed by atoms with Crippen LogP contribution in [0.4, 0.5) is 0 Å². The molecule has 1 saturated heterocycles. The first-order valence-corrected chi connectivity index (χ1v) is 7.44. The summed E-state index contributed by atoms with van der Waals surface area (Å²) in [6.45, 7) is 6.44. The Balaban J connectivity index is 1.75. The van der Waals surface area contributed by atoms with Gasteiger partial charge in [0.15, 0.2) is 0 Å². The van der Waals surface area contributed by atoms with E-state index in [1.54, 1.807) is 0 Å². The fourth-order valence-electron chi connectivity index (χ4n) is 2.42. The third-order valence-corrected chi connectivity index (χ3v) is 3.70. The molecule has 0 amide bonds. The van der Waals surface area contributed by atoms with Crippen LogP contribution in [0.1, 0.15) is 11.1 Å². The summed E-state index contributed by atoms with van der Waals surface area (Å²) in [5, 5.41) is 3.45. The SMILES string of the molecule is COC(=O)Cc1ccccc1CNCCN1CCOCC1. The van der Waals surface area contributed by atoms with Crippen LogP contribution < -0.4 is 5.32 Å². The summed E-state index contributed by atoms with van der Waals surface area (Å²) in [5.41, 5.74) is 2.19. The number of ether oxygens (including phenoxy) is 2. The van der Waals surface area contributed by atoms with Gasteiger partial charge in [-0.25, -0.2) is 0 Å². The molecule has 21 heavy (non-hydrogen) atoms. The largest absolute Gasteiger partial charge is 0.469 e. The molecule has 1 fully saturated rings. The number of esters is 1. The molecule has 116 valence electrons. The van der Waals surface area contributed by atoms with Gasteiger partial charge < -0.3 is 14.8 Å². The minimum atomic E-state index is -0.198. The van der Waals surface area contributed by atoms with Crippen LogP contribution in [0.25, 0.3) is 0 Å². The monoisotopic (exact) mass is 292 g/mol. The zero-order valence-corrected chi connectivity index (χ0v) is 12.6. The van der Waals surface area contributed by atoms with E-state index in [1.165, 1.54) is 7.11 Å². The van der Waals surface area contributed by atoms with Crippen LogP contribution in [0.5, 0.6) is 0 Å². The van der Waals surface area contributed by atoms with E-state index in [0.717, 1.165) is 57.1 Å². The van der Waals surface area contributed by atoms with Crippen molar-refractivity contribution in [2.45, 2.75) is 13.0 Å². The Hall–Kier alpha value is -1.43. The van der Waals surface area contributed by atoms with E-state index in [9.17, 15) is 4.79 Å². The maximum Gasteiger partial charge on any atom is 0.309 e. The van der Waals surface area contributed by atoms with Crippen molar-refractivity contribution in [3.05, 3.63) is 35.4 Å². The Morgan fingerprint density at radius 2 is 2.00 bits per heavy atom. The van der Waals surface area contributed by atoms with Crippen LogP contribution in [0.2, 0.25) is 0 Å². The van der Waals surface area contributed by atoms with Crippen molar-refractivity contribution in [3.63, 3.8) is 0 Å². The third kappa shape index (κ3) is 5.46. The van der Waals surface area contributed by atoms with Crippen LogP contribution in [0.15, 0.2) is 24.3 Å². The number of nitrogens with one attached hydrogen (secondary N) is 1. The van der Waals surface area contributed by atoms with Gasteiger partial charge in [-0.3, -0.25) is 9.69 Å². The predicted molar refractivity (Wildman–Crippen MR) is 81.1 cm³/mol. The number of carbonyl (C=O) groups excluding carboxylic acids is 1. The van der Waals surface area contributed by atoms with Gasteiger partial charge in [-0.05, 0) is 11.1 Å². The fraction of sp³-hybridized carbons (Fsp3) is 0.562. The predicted octanol–water partition coefficient (Wildman–Crippen LogP) is 0.824. The van der Waals surface area contributed by atoms with Crippen molar-refractivity contribution in [1.82, 2.24) is 10.2 Å². The van der Waals surface area contributed by atoms with Crippen molar-refractivity contribution in [3.8, 4) is 0 Å². The third-order valence-electron chi connectivity index (χ3n) is 3.70. The lowest BCUT2D eigenvalue weighted by Gasteiger charge is -2.26. The van der Waals surface area contributed by atoms with Gasteiger partial charge in [0.05, 0.1) is 26.7 Å². The topological polar surface area (TPSA) is 50.8 Å². The van der Waals surface area contributed by atoms with Crippen LogP contribution in [-0.4, -0.2) is 57.4 Å². The first-order valence-electron chi connectivity index (χ1n) is 7.44. The van der Waals surface area contributed by atoms with Gasteiger partial charge in [0.2, 0.25) is 0 Å². The molecule has 5 heteroatoms. The maximum atomic E-state index is 11.4. The quantitative estimate of drug-likeness (QED) is 0.596. The molecular formula is C16H24N2O3.